The molecule has 1 aromatic carbocycles. The van der Waals surface area contributed by atoms with Crippen molar-refractivity contribution in [3.8, 4) is 0 Å². The maximum Gasteiger partial charge on any atom is 0.335 e. The number of aromatic carboxylic acids is 1. The summed E-state index contributed by atoms with van der Waals surface area (Å²) in [6.07, 6.45) is 3.32. The van der Waals surface area contributed by atoms with E-state index in [1.807, 2.05) is 18.2 Å². The Balaban J connectivity index is 1.39. The van der Waals surface area contributed by atoms with Gasteiger partial charge in [0, 0.05) is 51.2 Å². The van der Waals surface area contributed by atoms with Crippen molar-refractivity contribution in [2.24, 2.45) is 0 Å². The van der Waals surface area contributed by atoms with Crippen molar-refractivity contribution in [2.75, 3.05) is 54.0 Å². The molecule has 0 spiro atoms. The molecule has 2 aliphatic rings. The second-order valence-corrected chi connectivity index (χ2v) is 7.28. The molecule has 2 N–H and O–H groups in total. The number of carboxylic acids is 1. The molecule has 0 bridgehead atoms. The van der Waals surface area contributed by atoms with Gasteiger partial charge >= 0.3 is 5.97 Å². The number of aromatic nitrogens is 2. The van der Waals surface area contributed by atoms with Gasteiger partial charge in [-0.25, -0.2) is 9.78 Å². The van der Waals surface area contributed by atoms with Gasteiger partial charge in [0.25, 0.3) is 0 Å². The third-order valence-electron chi connectivity index (χ3n) is 5.39. The predicted octanol–water partition coefficient (Wildman–Crippen LogP) is 1.46. The highest BCUT2D eigenvalue weighted by Gasteiger charge is 2.22. The van der Waals surface area contributed by atoms with E-state index in [-0.39, 0.29) is 6.10 Å². The molecule has 2 fully saturated rings. The number of nitrogens with zero attached hydrogens (tertiary/aromatic N) is 5. The fourth-order valence-electron chi connectivity index (χ4n) is 3.81. The van der Waals surface area contributed by atoms with Crippen molar-refractivity contribution in [2.45, 2.75) is 18.9 Å². The Hall–Kier alpha value is -2.87. The number of rotatable bonds is 4. The SMILES string of the molecule is O=C(O)c1ccc(N2CCN(c3nccc(N4CCCC(O)C4)n3)CC2)cc1. The van der Waals surface area contributed by atoms with E-state index in [0.717, 1.165) is 63.0 Å². The number of β-amino-alcohol motifs (C(OH)–C–C–N with tert-alkyl or cyclic N) is 1. The monoisotopic (exact) mass is 383 g/mol. The lowest BCUT2D eigenvalue weighted by Gasteiger charge is -2.36. The lowest BCUT2D eigenvalue weighted by Crippen LogP contribution is -2.47. The minimum absolute atomic E-state index is 0.289. The maximum absolute atomic E-state index is 11.0. The quantitative estimate of drug-likeness (QED) is 0.820. The minimum Gasteiger partial charge on any atom is -0.478 e. The van der Waals surface area contributed by atoms with Crippen molar-refractivity contribution < 1.29 is 15.0 Å². The highest BCUT2D eigenvalue weighted by atomic mass is 16.4. The summed E-state index contributed by atoms with van der Waals surface area (Å²) < 4.78 is 0. The Morgan fingerprint density at radius 3 is 2.36 bits per heavy atom. The van der Waals surface area contributed by atoms with Gasteiger partial charge in [-0.3, -0.25) is 0 Å². The number of hydrogen-bond acceptors (Lipinski definition) is 7. The molecule has 8 nitrogen and oxygen atoms in total. The van der Waals surface area contributed by atoms with Crippen molar-refractivity contribution >= 4 is 23.4 Å². The highest BCUT2D eigenvalue weighted by molar-refractivity contribution is 5.88. The number of piperazine rings is 1. The minimum atomic E-state index is -0.908. The van der Waals surface area contributed by atoms with E-state index >= 15 is 0 Å². The van der Waals surface area contributed by atoms with E-state index in [1.54, 1.807) is 18.3 Å². The largest absolute Gasteiger partial charge is 0.478 e. The Labute approximate surface area is 164 Å². The van der Waals surface area contributed by atoms with Crippen LogP contribution in [-0.2, 0) is 0 Å². The van der Waals surface area contributed by atoms with Crippen molar-refractivity contribution in [3.05, 3.63) is 42.1 Å². The summed E-state index contributed by atoms with van der Waals surface area (Å²) in [7, 11) is 0. The Morgan fingerprint density at radius 2 is 1.68 bits per heavy atom. The van der Waals surface area contributed by atoms with Crippen LogP contribution in [0.2, 0.25) is 0 Å². The van der Waals surface area contributed by atoms with Gasteiger partial charge in [0.15, 0.2) is 0 Å². The molecule has 3 heterocycles. The van der Waals surface area contributed by atoms with Gasteiger partial charge in [-0.1, -0.05) is 0 Å². The molecule has 1 atom stereocenters. The average molecular weight is 383 g/mol. The van der Waals surface area contributed by atoms with E-state index in [2.05, 4.69) is 19.7 Å². The van der Waals surface area contributed by atoms with Crippen molar-refractivity contribution in [1.29, 1.82) is 0 Å². The molecule has 2 saturated heterocycles. The van der Waals surface area contributed by atoms with E-state index in [1.165, 1.54) is 0 Å². The van der Waals surface area contributed by atoms with Crippen LogP contribution >= 0.6 is 0 Å². The maximum atomic E-state index is 11.0. The van der Waals surface area contributed by atoms with Crippen LogP contribution in [0.3, 0.4) is 0 Å². The molecule has 4 rings (SSSR count). The number of anilines is 3. The summed E-state index contributed by atoms with van der Waals surface area (Å²) in [6.45, 7) is 4.77. The third-order valence-corrected chi connectivity index (χ3v) is 5.39. The van der Waals surface area contributed by atoms with Gasteiger partial charge in [-0.05, 0) is 43.2 Å². The lowest BCUT2D eigenvalue weighted by molar-refractivity contribution is 0.0697. The molecule has 2 aliphatic heterocycles. The second kappa shape index (κ2) is 8.02. The van der Waals surface area contributed by atoms with Crippen LogP contribution in [-0.4, -0.2) is 71.5 Å². The first-order valence-corrected chi connectivity index (χ1v) is 9.69. The van der Waals surface area contributed by atoms with Crippen LogP contribution < -0.4 is 14.7 Å². The average Bonchev–Trinajstić information content (AvgIpc) is 2.74. The number of hydrogen-bond donors (Lipinski definition) is 2. The molecule has 28 heavy (non-hydrogen) atoms. The molecule has 0 amide bonds. The zero-order chi connectivity index (χ0) is 19.5. The fraction of sp³-hybridized carbons (Fsp3) is 0.450. The first kappa shape index (κ1) is 18.5. The van der Waals surface area contributed by atoms with E-state index in [4.69, 9.17) is 10.1 Å². The molecular weight excluding hydrogens is 358 g/mol. The number of carbonyl (C=O) groups is 1. The number of aliphatic hydroxyl groups is 1. The molecule has 1 aromatic heterocycles. The van der Waals surface area contributed by atoms with E-state index in [9.17, 15) is 9.90 Å². The first-order valence-electron chi connectivity index (χ1n) is 9.69. The van der Waals surface area contributed by atoms with E-state index < -0.39 is 5.97 Å². The molecular formula is C20H25N5O3. The summed E-state index contributed by atoms with van der Waals surface area (Å²) in [5, 5.41) is 18.9. The van der Waals surface area contributed by atoms with Gasteiger partial charge in [0.05, 0.1) is 11.7 Å². The van der Waals surface area contributed by atoms with Crippen LogP contribution in [0.4, 0.5) is 17.5 Å². The number of carboxylic acid groups (broad SMARTS) is 1. The molecule has 0 saturated carbocycles. The lowest BCUT2D eigenvalue weighted by atomic mass is 10.1. The molecule has 0 aliphatic carbocycles. The highest BCUT2D eigenvalue weighted by Crippen LogP contribution is 2.22. The smallest absolute Gasteiger partial charge is 0.335 e. The molecule has 2 aromatic rings. The summed E-state index contributed by atoms with van der Waals surface area (Å²) in [4.78, 5) is 26.7. The molecule has 0 radical (unpaired) electrons. The summed E-state index contributed by atoms with van der Waals surface area (Å²) in [5.41, 5.74) is 1.33. The van der Waals surface area contributed by atoms with Crippen LogP contribution in [0.15, 0.2) is 36.5 Å². The van der Waals surface area contributed by atoms with Crippen molar-refractivity contribution in [3.63, 3.8) is 0 Å². The topological polar surface area (TPSA) is 93.0 Å². The number of benzene rings is 1. The Morgan fingerprint density at radius 1 is 0.964 bits per heavy atom. The van der Waals surface area contributed by atoms with Crippen LogP contribution in [0.5, 0.6) is 0 Å². The summed E-state index contributed by atoms with van der Waals surface area (Å²) in [5.74, 6) is 0.684. The zero-order valence-corrected chi connectivity index (χ0v) is 15.7. The normalized spacial score (nSPS) is 20.3. The van der Waals surface area contributed by atoms with Crippen LogP contribution in [0, 0.1) is 0 Å². The third kappa shape index (κ3) is 4.01. The number of piperidine rings is 1. The van der Waals surface area contributed by atoms with Gasteiger partial charge in [-0.2, -0.15) is 4.98 Å². The first-order chi connectivity index (χ1) is 13.6. The van der Waals surface area contributed by atoms with Gasteiger partial charge in [0.1, 0.15) is 5.82 Å². The number of aliphatic hydroxyl groups excluding tert-OH is 1. The Kier molecular flexibility index (Phi) is 5.29. The zero-order valence-electron chi connectivity index (χ0n) is 15.7. The van der Waals surface area contributed by atoms with Crippen molar-refractivity contribution in [1.82, 2.24) is 9.97 Å². The van der Waals surface area contributed by atoms with Crippen LogP contribution in [0.25, 0.3) is 0 Å². The Bertz CT molecular complexity index is 821. The summed E-state index contributed by atoms with van der Waals surface area (Å²) >= 11 is 0. The summed E-state index contributed by atoms with van der Waals surface area (Å²) in [6, 6.07) is 8.91. The van der Waals surface area contributed by atoms with E-state index in [0.29, 0.717) is 12.1 Å². The van der Waals surface area contributed by atoms with Gasteiger partial charge in [0.2, 0.25) is 5.95 Å². The molecule has 8 heteroatoms. The van der Waals surface area contributed by atoms with Crippen LogP contribution in [0.1, 0.15) is 23.2 Å². The molecule has 148 valence electrons. The molecule has 1 unspecified atom stereocenters. The predicted molar refractivity (Wildman–Crippen MR) is 107 cm³/mol. The van der Waals surface area contributed by atoms with Gasteiger partial charge < -0.3 is 24.9 Å². The second-order valence-electron chi connectivity index (χ2n) is 7.28. The standard InChI is InChI=1S/C20H25N5O3/c26-17-2-1-9-25(14-17)18-7-8-21-20(22-18)24-12-10-23(11-13-24)16-5-3-15(4-6-16)19(27)28/h3-8,17,26H,1-2,9-14H2,(H,27,28). The fourth-order valence-corrected chi connectivity index (χ4v) is 3.81. The van der Waals surface area contributed by atoms with Gasteiger partial charge in [-0.15, -0.1) is 0 Å².